The van der Waals surface area contributed by atoms with Crippen LogP contribution in [-0.4, -0.2) is 53.7 Å². The van der Waals surface area contributed by atoms with Crippen molar-refractivity contribution in [1.29, 1.82) is 0 Å². The van der Waals surface area contributed by atoms with E-state index in [1.165, 1.54) is 10.8 Å². The van der Waals surface area contributed by atoms with Crippen LogP contribution in [-0.2, 0) is 13.3 Å². The van der Waals surface area contributed by atoms with Crippen LogP contribution in [0.15, 0.2) is 42.6 Å². The first kappa shape index (κ1) is 34.9. The molecule has 0 amide bonds. The summed E-state index contributed by atoms with van der Waals surface area (Å²) in [5.74, 6) is 0. The molecule has 234 valence electrons. The largest absolute Gasteiger partial charge is 0.414 e. The van der Waals surface area contributed by atoms with Gasteiger partial charge in [-0.2, -0.15) is 0 Å². The van der Waals surface area contributed by atoms with Crippen molar-refractivity contribution in [3.63, 3.8) is 0 Å². The first-order valence-corrected chi connectivity index (χ1v) is 24.2. The Morgan fingerprint density at radius 2 is 1.29 bits per heavy atom. The van der Waals surface area contributed by atoms with Crippen molar-refractivity contribution in [3.05, 3.63) is 48.3 Å². The van der Waals surface area contributed by atoms with Crippen LogP contribution in [0, 0.1) is 0 Å². The molecule has 0 spiro atoms. The molecule has 0 aliphatic rings. The number of H-pyrrole nitrogens is 1. The zero-order chi connectivity index (χ0) is 31.9. The predicted octanol–water partition coefficient (Wildman–Crippen LogP) is 10.5. The molecular formula is C34H58N2O3Si3. The summed E-state index contributed by atoms with van der Waals surface area (Å²) in [6.45, 7) is 35.1. The van der Waals surface area contributed by atoms with Gasteiger partial charge in [0.2, 0.25) is 0 Å². The number of pyridine rings is 1. The summed E-state index contributed by atoms with van der Waals surface area (Å²) < 4.78 is 21.3. The molecule has 1 aromatic carbocycles. The number of aromatic amines is 1. The molecule has 0 saturated carbocycles. The summed E-state index contributed by atoms with van der Waals surface area (Å²) >= 11 is 0. The van der Waals surface area contributed by atoms with Gasteiger partial charge in [0, 0.05) is 22.5 Å². The Hall–Kier alpha value is -1.56. The van der Waals surface area contributed by atoms with Gasteiger partial charge in [-0.05, 0) is 72.6 Å². The lowest BCUT2D eigenvalue weighted by Gasteiger charge is -2.45. The van der Waals surface area contributed by atoms with Gasteiger partial charge in [0.15, 0.2) is 25.0 Å². The second-order valence-electron chi connectivity index (χ2n) is 16.5. The van der Waals surface area contributed by atoms with Crippen LogP contribution < -0.4 is 0 Å². The quantitative estimate of drug-likeness (QED) is 0.227. The van der Waals surface area contributed by atoms with Crippen molar-refractivity contribution < 1.29 is 13.3 Å². The lowest BCUT2D eigenvalue weighted by atomic mass is 10.1. The fourth-order valence-electron chi connectivity index (χ4n) is 4.12. The van der Waals surface area contributed by atoms with Crippen LogP contribution in [0.25, 0.3) is 27.9 Å². The van der Waals surface area contributed by atoms with Gasteiger partial charge < -0.3 is 18.3 Å². The highest BCUT2D eigenvalue weighted by Crippen LogP contribution is 2.42. The maximum atomic E-state index is 7.21. The van der Waals surface area contributed by atoms with E-state index in [4.69, 9.17) is 18.3 Å². The number of hydrogen-bond donors (Lipinski definition) is 1. The van der Waals surface area contributed by atoms with Gasteiger partial charge in [-0.25, -0.2) is 0 Å². The minimum atomic E-state index is -2.17. The first-order chi connectivity index (χ1) is 19.0. The minimum absolute atomic E-state index is 0.0519. The summed E-state index contributed by atoms with van der Waals surface area (Å²) in [5, 5.41) is 2.61. The Morgan fingerprint density at radius 3 is 1.86 bits per heavy atom. The van der Waals surface area contributed by atoms with Crippen molar-refractivity contribution in [3.8, 4) is 0 Å². The SMILES string of the molecule is CC(C)(C)[Si](C)(C)OC[C@@H](O[Si](C)(C)C(C)(C)C)[C@H](/C=C/c1nccc2c1[nH]c1ccccc12)O[Si](C)(C)C(C)(C)C. The van der Waals surface area contributed by atoms with E-state index in [-0.39, 0.29) is 27.3 Å². The third kappa shape index (κ3) is 7.74. The highest BCUT2D eigenvalue weighted by atomic mass is 28.4. The number of fused-ring (bicyclic) bond motifs is 3. The molecule has 0 unspecified atom stereocenters. The van der Waals surface area contributed by atoms with Gasteiger partial charge in [-0.3, -0.25) is 4.98 Å². The molecule has 42 heavy (non-hydrogen) atoms. The van der Waals surface area contributed by atoms with Crippen LogP contribution in [0.2, 0.25) is 54.4 Å². The molecule has 3 aromatic rings. The van der Waals surface area contributed by atoms with Crippen LogP contribution in [0.1, 0.15) is 68.0 Å². The Kier molecular flexibility index (Phi) is 10.1. The smallest absolute Gasteiger partial charge is 0.193 e. The summed E-state index contributed by atoms with van der Waals surface area (Å²) in [6, 6.07) is 10.5. The summed E-state index contributed by atoms with van der Waals surface area (Å²) in [4.78, 5) is 8.39. The number of para-hydroxylation sites is 1. The molecule has 0 bridgehead atoms. The molecule has 2 aromatic heterocycles. The lowest BCUT2D eigenvalue weighted by molar-refractivity contribution is 0.0268. The number of rotatable bonds is 10. The van der Waals surface area contributed by atoms with E-state index in [2.05, 4.69) is 149 Å². The number of nitrogens with zero attached hydrogens (tertiary/aromatic N) is 1. The van der Waals surface area contributed by atoms with Crippen molar-refractivity contribution in [2.24, 2.45) is 0 Å². The lowest BCUT2D eigenvalue weighted by Crippen LogP contribution is -2.54. The standard InChI is InChI=1S/C34H58N2O3Si3/c1-32(2,3)40(10,11)37-24-30(39-42(14,15)34(7,8)9)29(38-41(12,13)33(4,5)6)21-20-28-31-26(22-23-35-28)25-18-16-17-19-27(25)36-31/h16-23,29-30,36H,24H2,1-15H3/b21-20+/t29-,30+/m0/s1. The second kappa shape index (κ2) is 12.1. The van der Waals surface area contributed by atoms with Crippen LogP contribution >= 0.6 is 0 Å². The Labute approximate surface area is 259 Å². The highest BCUT2D eigenvalue weighted by molar-refractivity contribution is 6.75. The molecule has 0 aliphatic carbocycles. The summed E-state index contributed by atoms with van der Waals surface area (Å²) in [5.41, 5.74) is 3.07. The third-order valence-electron chi connectivity index (χ3n) is 10.2. The molecule has 3 rings (SSSR count). The molecule has 0 saturated heterocycles. The van der Waals surface area contributed by atoms with Gasteiger partial charge in [0.05, 0.1) is 30.0 Å². The minimum Gasteiger partial charge on any atom is -0.414 e. The van der Waals surface area contributed by atoms with E-state index < -0.39 is 25.0 Å². The normalized spacial score (nSPS) is 16.1. The molecule has 2 heterocycles. The summed E-state index contributed by atoms with van der Waals surface area (Å²) in [6.07, 6.45) is 5.72. The Morgan fingerprint density at radius 1 is 0.738 bits per heavy atom. The molecular weight excluding hydrogens is 569 g/mol. The maximum absolute atomic E-state index is 7.21. The third-order valence-corrected chi connectivity index (χ3v) is 23.7. The highest BCUT2D eigenvalue weighted by Gasteiger charge is 2.45. The van der Waals surface area contributed by atoms with E-state index in [9.17, 15) is 0 Å². The summed E-state index contributed by atoms with van der Waals surface area (Å²) in [7, 11) is -6.35. The number of nitrogens with one attached hydrogen (secondary N) is 1. The number of benzene rings is 1. The van der Waals surface area contributed by atoms with E-state index >= 15 is 0 Å². The molecule has 5 nitrogen and oxygen atoms in total. The van der Waals surface area contributed by atoms with Gasteiger partial charge in [0.25, 0.3) is 0 Å². The average Bonchev–Trinajstić information content (AvgIpc) is 3.21. The van der Waals surface area contributed by atoms with Crippen LogP contribution in [0.5, 0.6) is 0 Å². The molecule has 8 heteroatoms. The topological polar surface area (TPSA) is 56.4 Å². The second-order valence-corrected chi connectivity index (χ2v) is 30.8. The van der Waals surface area contributed by atoms with Gasteiger partial charge in [-0.1, -0.05) is 86.6 Å². The fourth-order valence-corrected chi connectivity index (χ4v) is 7.71. The maximum Gasteiger partial charge on any atom is 0.193 e. The van der Waals surface area contributed by atoms with E-state index in [1.54, 1.807) is 0 Å². The van der Waals surface area contributed by atoms with Crippen molar-refractivity contribution in [2.45, 2.75) is 129 Å². The molecule has 0 radical (unpaired) electrons. The zero-order valence-electron chi connectivity index (χ0n) is 29.2. The number of hydrogen-bond acceptors (Lipinski definition) is 4. The monoisotopic (exact) mass is 626 g/mol. The molecule has 0 fully saturated rings. The Balaban J connectivity index is 2.12. The molecule has 0 aliphatic heterocycles. The van der Waals surface area contributed by atoms with Crippen molar-refractivity contribution in [2.75, 3.05) is 6.61 Å². The van der Waals surface area contributed by atoms with E-state index in [1.807, 2.05) is 6.20 Å². The van der Waals surface area contributed by atoms with Gasteiger partial charge >= 0.3 is 0 Å². The zero-order valence-corrected chi connectivity index (χ0v) is 32.2. The van der Waals surface area contributed by atoms with E-state index in [0.717, 1.165) is 16.7 Å². The van der Waals surface area contributed by atoms with Crippen LogP contribution in [0.4, 0.5) is 0 Å². The predicted molar refractivity (Wildman–Crippen MR) is 190 cm³/mol. The number of aromatic nitrogens is 2. The fraction of sp³-hybridized carbons (Fsp3) is 0.618. The average molecular weight is 627 g/mol. The first-order valence-electron chi connectivity index (χ1n) is 15.5. The van der Waals surface area contributed by atoms with Gasteiger partial charge in [-0.15, -0.1) is 0 Å². The Bertz CT molecular complexity index is 1390. The van der Waals surface area contributed by atoms with Gasteiger partial charge in [0.1, 0.15) is 0 Å². The molecule has 1 N–H and O–H groups in total. The van der Waals surface area contributed by atoms with E-state index in [0.29, 0.717) is 6.61 Å². The van der Waals surface area contributed by atoms with Crippen LogP contribution in [0.3, 0.4) is 0 Å². The van der Waals surface area contributed by atoms with Crippen molar-refractivity contribution >= 4 is 52.8 Å². The van der Waals surface area contributed by atoms with Crippen molar-refractivity contribution in [1.82, 2.24) is 9.97 Å². The molecule has 2 atom stereocenters.